The van der Waals surface area contributed by atoms with E-state index in [2.05, 4.69) is 43.1 Å². The Balaban J connectivity index is 2.23. The maximum atomic E-state index is 8.55. The Hall–Kier alpha value is -0.900. The summed E-state index contributed by atoms with van der Waals surface area (Å²) in [5.41, 5.74) is 2.60. The number of benzene rings is 1. The lowest BCUT2D eigenvalue weighted by atomic mass is 10.1. The summed E-state index contributed by atoms with van der Waals surface area (Å²) >= 11 is 0. The van der Waals surface area contributed by atoms with Gasteiger partial charge in [-0.3, -0.25) is 4.90 Å². The highest BCUT2D eigenvalue weighted by Crippen LogP contribution is 2.05. The zero-order chi connectivity index (χ0) is 11.8. The number of rotatable bonds is 7. The summed E-state index contributed by atoms with van der Waals surface area (Å²) in [6.45, 7) is 5.11. The van der Waals surface area contributed by atoms with E-state index < -0.39 is 0 Å². The minimum absolute atomic E-state index is 0.0989. The van der Waals surface area contributed by atoms with Gasteiger partial charge in [0.1, 0.15) is 0 Å². The molecule has 0 saturated carbocycles. The molecule has 3 nitrogen and oxygen atoms in total. The van der Waals surface area contributed by atoms with Crippen molar-refractivity contribution < 1.29 is 9.84 Å². The third kappa shape index (κ3) is 5.26. The van der Waals surface area contributed by atoms with Gasteiger partial charge in [0, 0.05) is 13.1 Å². The molecule has 0 atom stereocenters. The molecule has 0 saturated heterocycles. The van der Waals surface area contributed by atoms with Gasteiger partial charge in [-0.2, -0.15) is 0 Å². The van der Waals surface area contributed by atoms with Crippen molar-refractivity contribution in [2.24, 2.45) is 0 Å². The first-order chi connectivity index (χ1) is 7.72. The van der Waals surface area contributed by atoms with Crippen molar-refractivity contribution in [2.45, 2.75) is 13.5 Å². The fraction of sp³-hybridized carbons (Fsp3) is 0.538. The monoisotopic (exact) mass is 223 g/mol. The molecule has 0 aromatic heterocycles. The highest BCUT2D eigenvalue weighted by molar-refractivity contribution is 5.21. The fourth-order valence-corrected chi connectivity index (χ4v) is 1.47. The topological polar surface area (TPSA) is 32.7 Å². The van der Waals surface area contributed by atoms with E-state index in [-0.39, 0.29) is 6.61 Å². The number of nitrogens with zero attached hydrogens (tertiary/aromatic N) is 1. The average molecular weight is 223 g/mol. The van der Waals surface area contributed by atoms with E-state index in [1.54, 1.807) is 0 Å². The quantitative estimate of drug-likeness (QED) is 0.710. The van der Waals surface area contributed by atoms with Crippen LogP contribution in [0.5, 0.6) is 0 Å². The summed E-state index contributed by atoms with van der Waals surface area (Å²) in [5.74, 6) is 0. The molecule has 0 radical (unpaired) electrons. The number of ether oxygens (including phenoxy) is 1. The second-order valence-electron chi connectivity index (χ2n) is 4.06. The lowest BCUT2D eigenvalue weighted by Crippen LogP contribution is -2.23. The van der Waals surface area contributed by atoms with Crippen molar-refractivity contribution in [2.75, 3.05) is 33.4 Å². The molecule has 3 heteroatoms. The van der Waals surface area contributed by atoms with Gasteiger partial charge in [0.25, 0.3) is 0 Å². The Labute approximate surface area is 97.7 Å². The Bertz CT molecular complexity index is 284. The number of likely N-dealkylation sites (N-methyl/N-ethyl adjacent to an activating group) is 1. The molecule has 1 aromatic carbocycles. The molecule has 0 heterocycles. The van der Waals surface area contributed by atoms with Crippen LogP contribution in [0, 0.1) is 6.92 Å². The van der Waals surface area contributed by atoms with Crippen LogP contribution in [-0.2, 0) is 11.3 Å². The van der Waals surface area contributed by atoms with Gasteiger partial charge in [-0.15, -0.1) is 0 Å². The van der Waals surface area contributed by atoms with E-state index >= 15 is 0 Å². The smallest absolute Gasteiger partial charge is 0.0698 e. The first kappa shape index (κ1) is 13.2. The van der Waals surface area contributed by atoms with Gasteiger partial charge < -0.3 is 9.84 Å². The van der Waals surface area contributed by atoms with Crippen LogP contribution in [0.25, 0.3) is 0 Å². The second kappa shape index (κ2) is 7.39. The minimum Gasteiger partial charge on any atom is -0.394 e. The molecular weight excluding hydrogens is 202 g/mol. The molecule has 0 unspecified atom stereocenters. The molecule has 0 spiro atoms. The third-order valence-corrected chi connectivity index (χ3v) is 2.43. The van der Waals surface area contributed by atoms with Crippen molar-refractivity contribution in [3.63, 3.8) is 0 Å². The maximum Gasteiger partial charge on any atom is 0.0698 e. The Kier molecular flexibility index (Phi) is 6.08. The predicted octanol–water partition coefficient (Wildman–Crippen LogP) is 1.44. The van der Waals surface area contributed by atoms with Crippen LogP contribution in [0.1, 0.15) is 11.1 Å². The zero-order valence-corrected chi connectivity index (χ0v) is 10.1. The maximum absolute atomic E-state index is 8.55. The van der Waals surface area contributed by atoms with E-state index in [4.69, 9.17) is 9.84 Å². The lowest BCUT2D eigenvalue weighted by molar-refractivity contribution is 0.0773. The zero-order valence-electron chi connectivity index (χ0n) is 10.1. The van der Waals surface area contributed by atoms with Crippen LogP contribution in [-0.4, -0.2) is 43.4 Å². The summed E-state index contributed by atoms with van der Waals surface area (Å²) in [7, 11) is 2.07. The standard InChI is InChI=1S/C13H21NO2/c1-12-3-5-13(6-4-12)11-14(2)7-9-16-10-8-15/h3-6,15H,7-11H2,1-2H3. The Morgan fingerprint density at radius 3 is 2.50 bits per heavy atom. The van der Waals surface area contributed by atoms with Gasteiger partial charge in [-0.25, -0.2) is 0 Å². The highest BCUT2D eigenvalue weighted by atomic mass is 16.5. The van der Waals surface area contributed by atoms with Gasteiger partial charge in [0.05, 0.1) is 19.8 Å². The van der Waals surface area contributed by atoms with E-state index in [9.17, 15) is 0 Å². The summed E-state index contributed by atoms with van der Waals surface area (Å²) < 4.78 is 5.22. The van der Waals surface area contributed by atoms with E-state index in [1.165, 1.54) is 11.1 Å². The summed E-state index contributed by atoms with van der Waals surface area (Å²) in [5, 5.41) is 8.55. The second-order valence-corrected chi connectivity index (χ2v) is 4.06. The lowest BCUT2D eigenvalue weighted by Gasteiger charge is -2.16. The summed E-state index contributed by atoms with van der Waals surface area (Å²) in [4.78, 5) is 2.21. The van der Waals surface area contributed by atoms with Crippen molar-refractivity contribution in [3.05, 3.63) is 35.4 Å². The summed E-state index contributed by atoms with van der Waals surface area (Å²) in [6, 6.07) is 8.57. The third-order valence-electron chi connectivity index (χ3n) is 2.43. The Morgan fingerprint density at radius 2 is 1.88 bits per heavy atom. The molecule has 1 rings (SSSR count). The number of aliphatic hydroxyl groups is 1. The predicted molar refractivity (Wildman–Crippen MR) is 65.4 cm³/mol. The van der Waals surface area contributed by atoms with Crippen molar-refractivity contribution in [3.8, 4) is 0 Å². The largest absolute Gasteiger partial charge is 0.394 e. The number of hydrogen-bond acceptors (Lipinski definition) is 3. The van der Waals surface area contributed by atoms with Gasteiger partial charge in [-0.1, -0.05) is 29.8 Å². The van der Waals surface area contributed by atoms with Gasteiger partial charge >= 0.3 is 0 Å². The van der Waals surface area contributed by atoms with Crippen molar-refractivity contribution in [1.29, 1.82) is 0 Å². The summed E-state index contributed by atoms with van der Waals surface area (Å²) in [6.07, 6.45) is 0. The molecule has 0 aliphatic carbocycles. The van der Waals surface area contributed by atoms with E-state index in [1.807, 2.05) is 0 Å². The van der Waals surface area contributed by atoms with Crippen LogP contribution in [0.3, 0.4) is 0 Å². The van der Waals surface area contributed by atoms with Gasteiger partial charge in [0.2, 0.25) is 0 Å². The van der Waals surface area contributed by atoms with E-state index in [0.29, 0.717) is 13.2 Å². The molecule has 0 aliphatic heterocycles. The minimum atomic E-state index is 0.0989. The van der Waals surface area contributed by atoms with Crippen LogP contribution >= 0.6 is 0 Å². The van der Waals surface area contributed by atoms with Gasteiger partial charge in [0.15, 0.2) is 0 Å². The van der Waals surface area contributed by atoms with Crippen LogP contribution in [0.2, 0.25) is 0 Å². The first-order valence-corrected chi connectivity index (χ1v) is 5.65. The number of hydrogen-bond donors (Lipinski definition) is 1. The molecular formula is C13H21NO2. The average Bonchev–Trinajstić information content (AvgIpc) is 2.28. The first-order valence-electron chi connectivity index (χ1n) is 5.65. The fourth-order valence-electron chi connectivity index (χ4n) is 1.47. The molecule has 0 fully saturated rings. The van der Waals surface area contributed by atoms with Crippen LogP contribution in [0.4, 0.5) is 0 Å². The SMILES string of the molecule is Cc1ccc(CN(C)CCOCCO)cc1. The molecule has 0 bridgehead atoms. The molecule has 1 aromatic rings. The number of aryl methyl sites for hydroxylation is 1. The molecule has 0 amide bonds. The van der Waals surface area contributed by atoms with E-state index in [0.717, 1.165) is 13.1 Å². The molecule has 1 N–H and O–H groups in total. The molecule has 16 heavy (non-hydrogen) atoms. The van der Waals surface area contributed by atoms with Crippen molar-refractivity contribution in [1.82, 2.24) is 4.90 Å². The molecule has 0 aliphatic rings. The normalized spacial score (nSPS) is 11.0. The van der Waals surface area contributed by atoms with Gasteiger partial charge in [-0.05, 0) is 19.5 Å². The number of aliphatic hydroxyl groups excluding tert-OH is 1. The Morgan fingerprint density at radius 1 is 1.19 bits per heavy atom. The van der Waals surface area contributed by atoms with Crippen LogP contribution in [0.15, 0.2) is 24.3 Å². The van der Waals surface area contributed by atoms with Crippen molar-refractivity contribution >= 4 is 0 Å². The van der Waals surface area contributed by atoms with Crippen LogP contribution < -0.4 is 0 Å². The highest BCUT2D eigenvalue weighted by Gasteiger charge is 1.99. The molecule has 90 valence electrons.